The normalized spacial score (nSPS) is 17.1. The van der Waals surface area contributed by atoms with E-state index in [1.165, 1.54) is 12.1 Å². The van der Waals surface area contributed by atoms with E-state index in [1.54, 1.807) is 4.90 Å². The van der Waals surface area contributed by atoms with Crippen molar-refractivity contribution in [2.75, 3.05) is 66.4 Å². The second-order valence-corrected chi connectivity index (χ2v) is 14.3. The number of hydrogen-bond donors (Lipinski definition) is 4. The molecule has 284 valence electrons. The molecule has 8 rings (SSSR count). The number of amides is 4. The van der Waals surface area contributed by atoms with Gasteiger partial charge in [0.2, 0.25) is 5.91 Å². The number of rotatable bonds is 10. The van der Waals surface area contributed by atoms with Gasteiger partial charge in [0.05, 0.1) is 11.1 Å². The maximum Gasteiger partial charge on any atom is 0.328 e. The lowest BCUT2D eigenvalue weighted by Crippen LogP contribution is -2.49. The summed E-state index contributed by atoms with van der Waals surface area (Å²) in [7, 11) is 0. The first-order chi connectivity index (χ1) is 26.7. The highest BCUT2D eigenvalue weighted by atomic mass is 19.1. The molecule has 0 atom stereocenters. The molecule has 3 aliphatic heterocycles. The number of anilines is 4. The van der Waals surface area contributed by atoms with Crippen molar-refractivity contribution in [2.24, 2.45) is 0 Å². The number of fused-ring (bicyclic) bond motifs is 1. The Morgan fingerprint density at radius 3 is 2.29 bits per heavy atom. The molecule has 3 aliphatic rings. The smallest absolute Gasteiger partial charge is 0.328 e. The molecule has 3 saturated heterocycles. The first-order valence-corrected chi connectivity index (χ1v) is 18.6. The van der Waals surface area contributed by atoms with Gasteiger partial charge in [-0.05, 0) is 90.6 Å². The van der Waals surface area contributed by atoms with Crippen LogP contribution in [0.1, 0.15) is 46.3 Å². The third-order valence-corrected chi connectivity index (χ3v) is 10.5. The number of hydrogen-bond acceptors (Lipinski definition) is 8. The fourth-order valence-corrected chi connectivity index (χ4v) is 7.51. The van der Waals surface area contributed by atoms with Crippen LogP contribution in [0.25, 0.3) is 10.9 Å². The van der Waals surface area contributed by atoms with Gasteiger partial charge in [-0.25, -0.2) is 13.6 Å². The fourth-order valence-electron chi connectivity index (χ4n) is 7.51. The second kappa shape index (κ2) is 15.9. The van der Waals surface area contributed by atoms with Gasteiger partial charge < -0.3 is 20.3 Å². The van der Waals surface area contributed by atoms with Gasteiger partial charge in [-0.2, -0.15) is 5.10 Å². The van der Waals surface area contributed by atoms with Gasteiger partial charge in [0.15, 0.2) is 5.82 Å². The van der Waals surface area contributed by atoms with Crippen LogP contribution in [0, 0.1) is 11.6 Å². The molecule has 4 aromatic carbocycles. The first kappa shape index (κ1) is 36.1. The Kier molecular flexibility index (Phi) is 10.4. The van der Waals surface area contributed by atoms with E-state index in [0.29, 0.717) is 48.5 Å². The van der Waals surface area contributed by atoms with Crippen LogP contribution < -0.4 is 25.8 Å². The quantitative estimate of drug-likeness (QED) is 0.136. The molecule has 4 N–H and O–H groups in total. The number of ether oxygens (including phenoxy) is 1. The number of nitrogens with one attached hydrogen (secondary N) is 4. The summed E-state index contributed by atoms with van der Waals surface area (Å²) in [5.41, 5.74) is 6.22. The molecular weight excluding hydrogens is 706 g/mol. The van der Waals surface area contributed by atoms with Crippen molar-refractivity contribution >= 4 is 51.6 Å². The van der Waals surface area contributed by atoms with Crippen LogP contribution in [0.15, 0.2) is 78.9 Å². The molecular formula is C41H42F2N8O4. The number of nitrogens with zero attached hydrogens (tertiary/aromatic N) is 4. The number of benzene rings is 4. The van der Waals surface area contributed by atoms with Crippen LogP contribution in [-0.2, 0) is 22.5 Å². The molecule has 5 aromatic rings. The lowest BCUT2D eigenvalue weighted by atomic mass is 10.0. The number of halogens is 2. The molecule has 12 nitrogen and oxygen atoms in total. The Hall–Kier alpha value is -5.86. The summed E-state index contributed by atoms with van der Waals surface area (Å²) in [6.45, 7) is 5.79. The minimum absolute atomic E-state index is 0.159. The summed E-state index contributed by atoms with van der Waals surface area (Å²) in [6, 6.07) is 22.6. The maximum atomic E-state index is 13.9. The van der Waals surface area contributed by atoms with Crippen molar-refractivity contribution in [1.82, 2.24) is 20.4 Å². The molecule has 0 saturated carbocycles. The van der Waals surface area contributed by atoms with Gasteiger partial charge in [0.25, 0.3) is 5.91 Å². The third kappa shape index (κ3) is 8.45. The molecule has 0 radical (unpaired) electrons. The van der Waals surface area contributed by atoms with Crippen molar-refractivity contribution in [1.29, 1.82) is 0 Å². The number of H-pyrrole nitrogens is 1. The number of imide groups is 1. The zero-order valence-electron chi connectivity index (χ0n) is 30.2. The Bertz CT molecular complexity index is 2190. The average Bonchev–Trinajstić information content (AvgIpc) is 3.57. The van der Waals surface area contributed by atoms with Gasteiger partial charge in [-0.1, -0.05) is 18.2 Å². The van der Waals surface area contributed by atoms with Crippen molar-refractivity contribution in [3.05, 3.63) is 113 Å². The lowest BCUT2D eigenvalue weighted by Gasteiger charge is -2.36. The van der Waals surface area contributed by atoms with Gasteiger partial charge in [-0.15, -0.1) is 0 Å². The van der Waals surface area contributed by atoms with Crippen LogP contribution in [0.4, 0.5) is 36.5 Å². The van der Waals surface area contributed by atoms with Crippen molar-refractivity contribution in [3.8, 4) is 0 Å². The van der Waals surface area contributed by atoms with Crippen molar-refractivity contribution in [2.45, 2.75) is 38.3 Å². The SMILES string of the molecule is O=C1CCN(c2ccc(CN3CCN(c4ccc(C(=O)Nc5n[nH]c6ccc(Cc7cc(F)cc(F)c7)cc56)c(NC5CCOCC5)c4)CC3)cc2)C(=O)N1. The monoisotopic (exact) mass is 748 g/mol. The standard InChI is InChI=1S/C41H42F2N8O4/c42-29-20-28(21-30(43)23-29)19-27-3-8-36-35(22-27)39(48-47-36)46-40(53)34-7-6-33(24-37(34)44-31-10-17-55-18-11-31)50-15-13-49(14-16-50)25-26-1-4-32(5-2-26)51-12-9-38(52)45-41(51)54/h1-8,20-24,31,44H,9-19,25H2,(H,45,52,54)(H2,46,47,48,53). The van der Waals surface area contributed by atoms with Crippen LogP contribution in [0.3, 0.4) is 0 Å². The van der Waals surface area contributed by atoms with Gasteiger partial charge in [0, 0.05) is 93.5 Å². The van der Waals surface area contributed by atoms with Crippen LogP contribution in [0.5, 0.6) is 0 Å². The minimum Gasteiger partial charge on any atom is -0.381 e. The average molecular weight is 749 g/mol. The zero-order valence-corrected chi connectivity index (χ0v) is 30.2. The highest BCUT2D eigenvalue weighted by Gasteiger charge is 2.25. The van der Waals surface area contributed by atoms with E-state index >= 15 is 0 Å². The van der Waals surface area contributed by atoms with Crippen molar-refractivity contribution in [3.63, 3.8) is 0 Å². The molecule has 0 bridgehead atoms. The Morgan fingerprint density at radius 1 is 0.818 bits per heavy atom. The van der Waals surface area contributed by atoms with Crippen LogP contribution >= 0.6 is 0 Å². The largest absolute Gasteiger partial charge is 0.381 e. The summed E-state index contributed by atoms with van der Waals surface area (Å²) < 4.78 is 33.3. The molecule has 1 aromatic heterocycles. The molecule has 0 unspecified atom stereocenters. The zero-order chi connectivity index (χ0) is 37.9. The number of aromatic amines is 1. The van der Waals surface area contributed by atoms with E-state index in [0.717, 1.165) is 85.3 Å². The molecule has 3 fully saturated rings. The van der Waals surface area contributed by atoms with E-state index in [2.05, 4.69) is 42.0 Å². The summed E-state index contributed by atoms with van der Waals surface area (Å²) in [5, 5.41) is 17.1. The predicted molar refractivity (Wildman–Crippen MR) is 207 cm³/mol. The summed E-state index contributed by atoms with van der Waals surface area (Å²) in [6.07, 6.45) is 2.27. The number of urea groups is 1. The van der Waals surface area contributed by atoms with E-state index < -0.39 is 11.6 Å². The lowest BCUT2D eigenvalue weighted by molar-refractivity contribution is -0.120. The second-order valence-electron chi connectivity index (χ2n) is 14.3. The Morgan fingerprint density at radius 2 is 1.55 bits per heavy atom. The summed E-state index contributed by atoms with van der Waals surface area (Å²) in [5.74, 6) is -1.44. The van der Waals surface area contributed by atoms with Crippen molar-refractivity contribution < 1.29 is 27.9 Å². The van der Waals surface area contributed by atoms with Crippen LogP contribution in [0.2, 0.25) is 0 Å². The number of piperazine rings is 1. The van der Waals surface area contributed by atoms with Gasteiger partial charge in [-0.3, -0.25) is 29.8 Å². The highest BCUT2D eigenvalue weighted by Crippen LogP contribution is 2.30. The number of aromatic nitrogens is 2. The predicted octanol–water partition coefficient (Wildman–Crippen LogP) is 6.04. The van der Waals surface area contributed by atoms with Crippen LogP contribution in [-0.4, -0.2) is 84.9 Å². The number of carbonyl (C=O) groups excluding carboxylic acids is 3. The third-order valence-electron chi connectivity index (χ3n) is 10.5. The molecule has 55 heavy (non-hydrogen) atoms. The van der Waals surface area contributed by atoms with E-state index in [4.69, 9.17) is 4.74 Å². The van der Waals surface area contributed by atoms with E-state index in [1.807, 2.05) is 54.6 Å². The molecule has 0 spiro atoms. The maximum absolute atomic E-state index is 13.9. The first-order valence-electron chi connectivity index (χ1n) is 18.6. The van der Waals surface area contributed by atoms with E-state index in [-0.39, 0.29) is 30.3 Å². The van der Waals surface area contributed by atoms with Gasteiger partial charge in [0.1, 0.15) is 11.6 Å². The highest BCUT2D eigenvalue weighted by molar-refractivity contribution is 6.11. The molecule has 14 heteroatoms. The fraction of sp³-hybridized carbons (Fsp3) is 0.317. The van der Waals surface area contributed by atoms with E-state index in [9.17, 15) is 23.2 Å². The topological polar surface area (TPSA) is 135 Å². The minimum atomic E-state index is -0.628. The van der Waals surface area contributed by atoms with Gasteiger partial charge >= 0.3 is 6.03 Å². The summed E-state index contributed by atoms with van der Waals surface area (Å²) in [4.78, 5) is 44.0. The summed E-state index contributed by atoms with van der Waals surface area (Å²) >= 11 is 0. The Labute approximate surface area is 316 Å². The Balaban J connectivity index is 0.943. The number of carbonyl (C=O) groups is 3. The molecule has 4 amide bonds. The molecule has 4 heterocycles. The molecule has 0 aliphatic carbocycles.